The minimum absolute atomic E-state index is 0.120. The number of nitrogens with one attached hydrogen (secondary N) is 1. The summed E-state index contributed by atoms with van der Waals surface area (Å²) in [5.41, 5.74) is 8.27. The van der Waals surface area contributed by atoms with Crippen molar-refractivity contribution in [1.82, 2.24) is 5.32 Å². The van der Waals surface area contributed by atoms with Crippen molar-refractivity contribution >= 4 is 5.91 Å². The highest BCUT2D eigenvalue weighted by Crippen LogP contribution is 2.32. The molecule has 0 fully saturated rings. The van der Waals surface area contributed by atoms with E-state index in [0.29, 0.717) is 12.5 Å². The smallest absolute Gasteiger partial charge is 0.227 e. The van der Waals surface area contributed by atoms with Gasteiger partial charge in [-0.25, -0.2) is 0 Å². The molecule has 0 spiro atoms. The molecule has 1 aromatic carbocycles. The number of nitrogens with two attached hydrogens (primary N) is 1. The van der Waals surface area contributed by atoms with E-state index in [4.69, 9.17) is 5.73 Å². The van der Waals surface area contributed by atoms with E-state index in [9.17, 15) is 4.79 Å². The van der Waals surface area contributed by atoms with Crippen molar-refractivity contribution in [2.45, 2.75) is 45.4 Å². The summed E-state index contributed by atoms with van der Waals surface area (Å²) in [5.74, 6) is 0.578. The maximum atomic E-state index is 12.4. The average Bonchev–Trinajstić information content (AvgIpc) is 2.91. The summed E-state index contributed by atoms with van der Waals surface area (Å²) in [6, 6.07) is 8.56. The second-order valence-corrected chi connectivity index (χ2v) is 5.84. The maximum absolute atomic E-state index is 12.4. The van der Waals surface area contributed by atoms with Gasteiger partial charge in [0.15, 0.2) is 0 Å². The Morgan fingerprint density at radius 1 is 1.35 bits per heavy atom. The van der Waals surface area contributed by atoms with Crippen molar-refractivity contribution in [2.75, 3.05) is 13.1 Å². The number of hydrogen-bond donors (Lipinski definition) is 2. The van der Waals surface area contributed by atoms with Gasteiger partial charge in [0.05, 0.1) is 5.41 Å². The molecule has 3 heteroatoms. The van der Waals surface area contributed by atoms with Gasteiger partial charge in [0.2, 0.25) is 5.91 Å². The fourth-order valence-electron chi connectivity index (χ4n) is 3.21. The fourth-order valence-corrected chi connectivity index (χ4v) is 3.21. The molecule has 0 bridgehead atoms. The largest absolute Gasteiger partial charge is 0.355 e. The fraction of sp³-hybridized carbons (Fsp3) is 0.588. The van der Waals surface area contributed by atoms with Gasteiger partial charge in [-0.3, -0.25) is 4.79 Å². The van der Waals surface area contributed by atoms with E-state index in [-0.39, 0.29) is 5.91 Å². The van der Waals surface area contributed by atoms with E-state index in [1.807, 2.05) is 13.8 Å². The second-order valence-electron chi connectivity index (χ2n) is 5.84. The Kier molecular flexibility index (Phi) is 4.81. The molecule has 1 aliphatic rings. The van der Waals surface area contributed by atoms with Gasteiger partial charge in [-0.2, -0.15) is 0 Å². The Labute approximate surface area is 121 Å². The van der Waals surface area contributed by atoms with Gasteiger partial charge < -0.3 is 11.1 Å². The minimum atomic E-state index is -0.391. The number of benzene rings is 1. The van der Waals surface area contributed by atoms with Gasteiger partial charge in [-0.1, -0.05) is 38.1 Å². The molecule has 0 radical (unpaired) electrons. The van der Waals surface area contributed by atoms with Crippen molar-refractivity contribution < 1.29 is 4.79 Å². The summed E-state index contributed by atoms with van der Waals surface area (Å²) in [4.78, 5) is 12.4. The third kappa shape index (κ3) is 2.73. The number of amides is 1. The molecular formula is C17H26N2O. The molecule has 0 aliphatic heterocycles. The summed E-state index contributed by atoms with van der Waals surface area (Å²) in [5, 5.41) is 3.14. The summed E-state index contributed by atoms with van der Waals surface area (Å²) < 4.78 is 0. The van der Waals surface area contributed by atoms with Gasteiger partial charge in [0.25, 0.3) is 0 Å². The Morgan fingerprint density at radius 3 is 2.70 bits per heavy atom. The van der Waals surface area contributed by atoms with Crippen LogP contribution in [0.4, 0.5) is 0 Å². The van der Waals surface area contributed by atoms with Gasteiger partial charge in [-0.05, 0) is 36.8 Å². The summed E-state index contributed by atoms with van der Waals surface area (Å²) in [6.07, 6.45) is 3.86. The van der Waals surface area contributed by atoms with Gasteiger partial charge in [-0.15, -0.1) is 0 Å². The first-order valence-corrected chi connectivity index (χ1v) is 7.73. The SMILES string of the molecule is CCC(CC)(CN)C(=O)NCC1CCc2ccccc21. The van der Waals surface area contributed by atoms with Crippen molar-refractivity contribution in [3.8, 4) is 0 Å². The number of carbonyl (C=O) groups excluding carboxylic acids is 1. The third-order valence-electron chi connectivity index (χ3n) is 4.99. The molecule has 20 heavy (non-hydrogen) atoms. The minimum Gasteiger partial charge on any atom is -0.355 e. The van der Waals surface area contributed by atoms with E-state index >= 15 is 0 Å². The average molecular weight is 274 g/mol. The number of fused-ring (bicyclic) bond motifs is 1. The molecule has 1 aromatic rings. The van der Waals surface area contributed by atoms with Crippen LogP contribution in [0.5, 0.6) is 0 Å². The zero-order valence-corrected chi connectivity index (χ0v) is 12.6. The normalized spacial score (nSPS) is 17.9. The van der Waals surface area contributed by atoms with E-state index in [0.717, 1.165) is 32.2 Å². The van der Waals surface area contributed by atoms with Crippen LogP contribution < -0.4 is 11.1 Å². The van der Waals surface area contributed by atoms with Gasteiger partial charge in [0, 0.05) is 19.0 Å². The van der Waals surface area contributed by atoms with Crippen LogP contribution in [0.1, 0.15) is 50.2 Å². The van der Waals surface area contributed by atoms with E-state index in [1.165, 1.54) is 11.1 Å². The van der Waals surface area contributed by atoms with Crippen LogP contribution in [0.3, 0.4) is 0 Å². The van der Waals surface area contributed by atoms with Gasteiger partial charge >= 0.3 is 0 Å². The van der Waals surface area contributed by atoms with Crippen LogP contribution in [0.2, 0.25) is 0 Å². The van der Waals surface area contributed by atoms with Crippen molar-refractivity contribution in [3.63, 3.8) is 0 Å². The number of rotatable bonds is 6. The highest BCUT2D eigenvalue weighted by molar-refractivity contribution is 5.82. The lowest BCUT2D eigenvalue weighted by molar-refractivity contribution is -0.131. The monoisotopic (exact) mass is 274 g/mol. The van der Waals surface area contributed by atoms with Crippen LogP contribution in [-0.4, -0.2) is 19.0 Å². The third-order valence-corrected chi connectivity index (χ3v) is 4.99. The molecule has 110 valence electrons. The molecule has 2 rings (SSSR count). The molecule has 1 unspecified atom stereocenters. The van der Waals surface area contributed by atoms with E-state index < -0.39 is 5.41 Å². The quantitative estimate of drug-likeness (QED) is 0.837. The van der Waals surface area contributed by atoms with Crippen molar-refractivity contribution in [1.29, 1.82) is 0 Å². The van der Waals surface area contributed by atoms with Crippen molar-refractivity contribution in [2.24, 2.45) is 11.1 Å². The zero-order valence-electron chi connectivity index (χ0n) is 12.6. The highest BCUT2D eigenvalue weighted by Gasteiger charge is 2.34. The van der Waals surface area contributed by atoms with Gasteiger partial charge in [0.1, 0.15) is 0 Å². The summed E-state index contributed by atoms with van der Waals surface area (Å²) in [6.45, 7) is 5.24. The first-order valence-electron chi connectivity index (χ1n) is 7.73. The topological polar surface area (TPSA) is 55.1 Å². The first-order chi connectivity index (χ1) is 9.66. The lowest BCUT2D eigenvalue weighted by Gasteiger charge is -2.29. The highest BCUT2D eigenvalue weighted by atomic mass is 16.2. The lowest BCUT2D eigenvalue weighted by Crippen LogP contribution is -2.46. The Morgan fingerprint density at radius 2 is 2.05 bits per heavy atom. The second kappa shape index (κ2) is 6.40. The molecule has 3 nitrogen and oxygen atoms in total. The lowest BCUT2D eigenvalue weighted by atomic mass is 9.81. The molecular weight excluding hydrogens is 248 g/mol. The first kappa shape index (κ1) is 15.0. The molecule has 0 saturated heterocycles. The molecule has 0 aromatic heterocycles. The molecule has 1 atom stereocenters. The van der Waals surface area contributed by atoms with E-state index in [2.05, 4.69) is 29.6 Å². The molecule has 3 N–H and O–H groups in total. The summed E-state index contributed by atoms with van der Waals surface area (Å²) in [7, 11) is 0. The number of carbonyl (C=O) groups is 1. The standard InChI is InChI=1S/C17H26N2O/c1-3-17(4-2,12-18)16(20)19-11-14-10-9-13-7-5-6-8-15(13)14/h5-8,14H,3-4,9-12,18H2,1-2H3,(H,19,20). The number of aryl methyl sites for hydroxylation is 1. The van der Waals surface area contributed by atoms with Crippen LogP contribution in [0.25, 0.3) is 0 Å². The van der Waals surface area contributed by atoms with E-state index in [1.54, 1.807) is 0 Å². The van der Waals surface area contributed by atoms with Crippen molar-refractivity contribution in [3.05, 3.63) is 35.4 Å². The zero-order chi connectivity index (χ0) is 14.6. The molecule has 0 saturated carbocycles. The van der Waals surface area contributed by atoms with Crippen LogP contribution in [-0.2, 0) is 11.2 Å². The number of hydrogen-bond acceptors (Lipinski definition) is 2. The molecule has 1 aliphatic carbocycles. The van der Waals surface area contributed by atoms with Crippen LogP contribution in [0.15, 0.2) is 24.3 Å². The Hall–Kier alpha value is -1.35. The predicted molar refractivity (Wildman–Crippen MR) is 82.6 cm³/mol. The predicted octanol–water partition coefficient (Wildman–Crippen LogP) is 2.60. The maximum Gasteiger partial charge on any atom is 0.227 e. The Balaban J connectivity index is 1.98. The molecule has 1 amide bonds. The summed E-state index contributed by atoms with van der Waals surface area (Å²) >= 11 is 0. The Bertz CT molecular complexity index is 458. The molecule has 0 heterocycles. The van der Waals surface area contributed by atoms with Crippen LogP contribution >= 0.6 is 0 Å². The van der Waals surface area contributed by atoms with Crippen LogP contribution in [0, 0.1) is 5.41 Å².